The van der Waals surface area contributed by atoms with Gasteiger partial charge in [0.25, 0.3) is 0 Å². The van der Waals surface area contributed by atoms with Crippen LogP contribution in [0.2, 0.25) is 0 Å². The third kappa shape index (κ3) is 2.50. The zero-order chi connectivity index (χ0) is 11.5. The van der Waals surface area contributed by atoms with E-state index in [9.17, 15) is 9.00 Å². The molecule has 0 aliphatic heterocycles. The van der Waals surface area contributed by atoms with Crippen LogP contribution in [-0.4, -0.2) is 21.0 Å². The fourth-order valence-electron chi connectivity index (χ4n) is 1.99. The number of carboxylic acids is 1. The lowest BCUT2D eigenvalue weighted by molar-refractivity contribution is -0.136. The monoisotopic (exact) mass is 238 g/mol. The molecule has 2 rings (SSSR count). The Bertz CT molecular complexity index is 440. The summed E-state index contributed by atoms with van der Waals surface area (Å²) in [5, 5.41) is 8.53. The van der Waals surface area contributed by atoms with Crippen molar-refractivity contribution in [1.29, 1.82) is 0 Å². The first kappa shape index (κ1) is 11.3. The van der Waals surface area contributed by atoms with Gasteiger partial charge in [-0.25, -0.2) is 0 Å². The molecule has 1 unspecified atom stereocenters. The molecule has 0 spiro atoms. The van der Waals surface area contributed by atoms with Gasteiger partial charge in [-0.3, -0.25) is 9.00 Å². The number of hydrogen-bond acceptors (Lipinski definition) is 2. The van der Waals surface area contributed by atoms with Gasteiger partial charge in [-0.05, 0) is 42.5 Å². The number of rotatable bonds is 4. The van der Waals surface area contributed by atoms with Gasteiger partial charge in [0.05, 0.1) is 17.2 Å². The van der Waals surface area contributed by atoms with Gasteiger partial charge in [0, 0.05) is 10.6 Å². The first-order valence-electron chi connectivity index (χ1n) is 5.39. The van der Waals surface area contributed by atoms with Crippen molar-refractivity contribution in [3.63, 3.8) is 0 Å². The zero-order valence-corrected chi connectivity index (χ0v) is 9.76. The fourth-order valence-corrected chi connectivity index (χ4v) is 3.08. The predicted octanol–water partition coefficient (Wildman–Crippen LogP) is 1.76. The smallest absolute Gasteiger partial charge is 0.304 e. The van der Waals surface area contributed by atoms with E-state index in [1.165, 1.54) is 17.5 Å². The second kappa shape index (κ2) is 4.78. The molecule has 3 nitrogen and oxygen atoms in total. The van der Waals surface area contributed by atoms with Crippen LogP contribution in [0.1, 0.15) is 24.0 Å². The van der Waals surface area contributed by atoms with Gasteiger partial charge in [-0.15, -0.1) is 0 Å². The second-order valence-electron chi connectivity index (χ2n) is 3.98. The van der Waals surface area contributed by atoms with Crippen LogP contribution >= 0.6 is 0 Å². The van der Waals surface area contributed by atoms with Crippen molar-refractivity contribution < 1.29 is 14.1 Å². The van der Waals surface area contributed by atoms with Crippen molar-refractivity contribution in [2.24, 2.45) is 0 Å². The number of fused-ring (bicyclic) bond motifs is 1. The fraction of sp³-hybridized carbons (Fsp3) is 0.417. The highest BCUT2D eigenvalue weighted by molar-refractivity contribution is 7.85. The molecule has 1 N–H and O–H groups in total. The second-order valence-corrected chi connectivity index (χ2v) is 5.55. The van der Waals surface area contributed by atoms with Gasteiger partial charge in [-0.2, -0.15) is 0 Å². The summed E-state index contributed by atoms with van der Waals surface area (Å²) in [5.41, 5.74) is 2.63. The van der Waals surface area contributed by atoms with Crippen LogP contribution in [0.5, 0.6) is 0 Å². The summed E-state index contributed by atoms with van der Waals surface area (Å²) in [6.45, 7) is 0. The van der Waals surface area contributed by atoms with Crippen LogP contribution in [0.15, 0.2) is 23.1 Å². The molecule has 4 heteroatoms. The zero-order valence-electron chi connectivity index (χ0n) is 8.94. The van der Waals surface area contributed by atoms with Crippen molar-refractivity contribution in [2.45, 2.75) is 30.6 Å². The number of carboxylic acid groups (broad SMARTS) is 1. The van der Waals surface area contributed by atoms with E-state index >= 15 is 0 Å². The van der Waals surface area contributed by atoms with E-state index in [0.717, 1.165) is 17.7 Å². The first-order valence-corrected chi connectivity index (χ1v) is 6.70. The lowest BCUT2D eigenvalue weighted by Gasteiger charge is -2.04. The molecule has 1 atom stereocenters. The Morgan fingerprint density at radius 1 is 1.31 bits per heavy atom. The Hall–Kier alpha value is -1.16. The van der Waals surface area contributed by atoms with Gasteiger partial charge in [-0.1, -0.05) is 6.07 Å². The normalized spacial score (nSPS) is 15.8. The number of carbonyl (C=O) groups is 1. The molecule has 0 amide bonds. The molecule has 0 saturated heterocycles. The Kier molecular flexibility index (Phi) is 3.39. The average Bonchev–Trinajstić information content (AvgIpc) is 2.72. The maximum absolute atomic E-state index is 11.8. The SMILES string of the molecule is O=C(O)CCS(=O)c1ccc2c(c1)CCC2. The van der Waals surface area contributed by atoms with Gasteiger partial charge >= 0.3 is 5.97 Å². The molecule has 1 aliphatic carbocycles. The largest absolute Gasteiger partial charge is 0.481 e. The topological polar surface area (TPSA) is 54.4 Å². The molecule has 0 radical (unpaired) electrons. The summed E-state index contributed by atoms with van der Waals surface area (Å²) in [5.74, 6) is -0.691. The molecular formula is C12H14O3S. The molecule has 16 heavy (non-hydrogen) atoms. The van der Waals surface area contributed by atoms with Crippen LogP contribution in [0.25, 0.3) is 0 Å². The predicted molar refractivity (Wildman–Crippen MR) is 62.0 cm³/mol. The van der Waals surface area contributed by atoms with Gasteiger partial charge < -0.3 is 5.11 Å². The lowest BCUT2D eigenvalue weighted by atomic mass is 10.1. The summed E-state index contributed by atoms with van der Waals surface area (Å²) in [6.07, 6.45) is 3.29. The quantitative estimate of drug-likeness (QED) is 0.869. The summed E-state index contributed by atoms with van der Waals surface area (Å²) in [6, 6.07) is 5.86. The Labute approximate surface area is 96.9 Å². The van der Waals surface area contributed by atoms with Crippen molar-refractivity contribution >= 4 is 16.8 Å². The summed E-state index contributed by atoms with van der Waals surface area (Å²) >= 11 is 0. The molecule has 0 bridgehead atoms. The van der Waals surface area contributed by atoms with Crippen LogP contribution < -0.4 is 0 Å². The molecule has 0 saturated carbocycles. The summed E-state index contributed by atoms with van der Waals surface area (Å²) < 4.78 is 11.8. The number of hydrogen-bond donors (Lipinski definition) is 1. The summed E-state index contributed by atoms with van der Waals surface area (Å²) in [7, 11) is -1.18. The molecule has 0 heterocycles. The minimum atomic E-state index is -1.18. The molecular weight excluding hydrogens is 224 g/mol. The highest BCUT2D eigenvalue weighted by atomic mass is 32.2. The minimum absolute atomic E-state index is 0.0380. The van der Waals surface area contributed by atoms with Crippen LogP contribution in [0, 0.1) is 0 Å². The highest BCUT2D eigenvalue weighted by Gasteiger charge is 2.13. The van der Waals surface area contributed by atoms with Gasteiger partial charge in [0.1, 0.15) is 0 Å². The Balaban J connectivity index is 2.09. The first-order chi connectivity index (χ1) is 7.66. The van der Waals surface area contributed by atoms with E-state index in [0.29, 0.717) is 0 Å². The van der Waals surface area contributed by atoms with E-state index in [1.807, 2.05) is 18.2 Å². The Morgan fingerprint density at radius 2 is 2.06 bits per heavy atom. The molecule has 1 aliphatic rings. The van der Waals surface area contributed by atoms with Crippen LogP contribution in [-0.2, 0) is 28.4 Å². The highest BCUT2D eigenvalue weighted by Crippen LogP contribution is 2.24. The van der Waals surface area contributed by atoms with Crippen LogP contribution in [0.3, 0.4) is 0 Å². The number of aliphatic carboxylic acids is 1. The lowest BCUT2D eigenvalue weighted by Crippen LogP contribution is -2.05. The molecule has 0 fully saturated rings. The van der Waals surface area contributed by atoms with Crippen molar-refractivity contribution in [3.05, 3.63) is 29.3 Å². The third-order valence-corrected chi connectivity index (χ3v) is 4.19. The third-order valence-electron chi connectivity index (χ3n) is 2.83. The minimum Gasteiger partial charge on any atom is -0.481 e. The average molecular weight is 238 g/mol. The summed E-state index contributed by atoms with van der Waals surface area (Å²) in [4.78, 5) is 11.2. The van der Waals surface area contributed by atoms with E-state index in [-0.39, 0.29) is 12.2 Å². The van der Waals surface area contributed by atoms with E-state index in [2.05, 4.69) is 0 Å². The van der Waals surface area contributed by atoms with Crippen molar-refractivity contribution in [1.82, 2.24) is 0 Å². The maximum atomic E-state index is 11.8. The maximum Gasteiger partial charge on any atom is 0.304 e. The molecule has 1 aromatic carbocycles. The number of aryl methyl sites for hydroxylation is 2. The van der Waals surface area contributed by atoms with Crippen molar-refractivity contribution in [2.75, 3.05) is 5.75 Å². The van der Waals surface area contributed by atoms with Crippen LogP contribution in [0.4, 0.5) is 0 Å². The van der Waals surface area contributed by atoms with Gasteiger partial charge in [0.2, 0.25) is 0 Å². The number of benzene rings is 1. The van der Waals surface area contributed by atoms with Gasteiger partial charge in [0.15, 0.2) is 0 Å². The molecule has 1 aromatic rings. The molecule has 0 aromatic heterocycles. The van der Waals surface area contributed by atoms with E-state index in [4.69, 9.17) is 5.11 Å². The van der Waals surface area contributed by atoms with E-state index < -0.39 is 16.8 Å². The molecule has 86 valence electrons. The standard InChI is InChI=1S/C12H14O3S/c13-12(14)6-7-16(15)11-5-4-9-2-1-3-10(9)8-11/h4-5,8H,1-3,6-7H2,(H,13,14). The Morgan fingerprint density at radius 3 is 2.81 bits per heavy atom. The van der Waals surface area contributed by atoms with E-state index in [1.54, 1.807) is 0 Å². The van der Waals surface area contributed by atoms with Crippen molar-refractivity contribution in [3.8, 4) is 0 Å².